The summed E-state index contributed by atoms with van der Waals surface area (Å²) in [5, 5.41) is 0.657. The van der Waals surface area contributed by atoms with Gasteiger partial charge < -0.3 is 4.42 Å². The van der Waals surface area contributed by atoms with Crippen LogP contribution in [0.25, 0.3) is 11.0 Å². The molecule has 4 amide bonds. The van der Waals surface area contributed by atoms with Crippen LogP contribution in [-0.4, -0.2) is 34.2 Å². The molecule has 1 aliphatic heterocycles. The number of urea groups is 1. The number of rotatable bonds is 5. The molecule has 1 fully saturated rings. The smallest absolute Gasteiger partial charge is 0.336 e. The monoisotopic (exact) mass is 384 g/mol. The minimum Gasteiger partial charge on any atom is -0.423 e. The molecular formula is C21H24N2O5. The fourth-order valence-electron chi connectivity index (χ4n) is 3.53. The van der Waals surface area contributed by atoms with Gasteiger partial charge in [0.25, 0.3) is 0 Å². The van der Waals surface area contributed by atoms with E-state index in [9.17, 15) is 19.2 Å². The van der Waals surface area contributed by atoms with Gasteiger partial charge in [-0.3, -0.25) is 19.4 Å². The Morgan fingerprint density at radius 3 is 2.18 bits per heavy atom. The van der Waals surface area contributed by atoms with Gasteiger partial charge in [0, 0.05) is 18.0 Å². The molecule has 0 unspecified atom stereocenters. The van der Waals surface area contributed by atoms with Crippen molar-refractivity contribution >= 4 is 28.8 Å². The van der Waals surface area contributed by atoms with E-state index in [1.165, 1.54) is 6.07 Å². The van der Waals surface area contributed by atoms with Gasteiger partial charge in [-0.15, -0.1) is 0 Å². The standard InChI is InChI=1S/C21H24N2O5/c1-11(2)9-22-19(25)20(26)23(21(22)27)10-14-7-18(24)28-17-6-13(5)15(12(3)4)8-16(14)17/h6-8,11-12H,9-10H2,1-5H3. The van der Waals surface area contributed by atoms with E-state index < -0.39 is 23.5 Å². The Balaban J connectivity index is 2.05. The van der Waals surface area contributed by atoms with Gasteiger partial charge in [0.15, 0.2) is 0 Å². The van der Waals surface area contributed by atoms with E-state index in [4.69, 9.17) is 4.42 Å². The lowest BCUT2D eigenvalue weighted by molar-refractivity contribution is -0.143. The van der Waals surface area contributed by atoms with Crippen LogP contribution in [0.5, 0.6) is 0 Å². The molecule has 0 atom stereocenters. The molecule has 7 heteroatoms. The Bertz CT molecular complexity index is 1040. The van der Waals surface area contributed by atoms with Crippen LogP contribution in [0.2, 0.25) is 0 Å². The van der Waals surface area contributed by atoms with Gasteiger partial charge in [0.2, 0.25) is 0 Å². The fraction of sp³-hybridized carbons (Fsp3) is 0.429. The zero-order valence-electron chi connectivity index (χ0n) is 16.7. The average molecular weight is 384 g/mol. The second kappa shape index (κ2) is 7.22. The zero-order valence-corrected chi connectivity index (χ0v) is 16.7. The van der Waals surface area contributed by atoms with Gasteiger partial charge in [-0.05, 0) is 47.6 Å². The number of nitrogens with zero attached hydrogens (tertiary/aromatic N) is 2. The number of fused-ring (bicyclic) bond motifs is 1. The van der Waals surface area contributed by atoms with E-state index in [-0.39, 0.29) is 24.9 Å². The molecule has 0 spiro atoms. The lowest BCUT2D eigenvalue weighted by atomic mass is 9.95. The zero-order chi connectivity index (χ0) is 20.7. The Morgan fingerprint density at radius 1 is 0.929 bits per heavy atom. The molecule has 1 saturated heterocycles. The molecule has 3 rings (SSSR count). The van der Waals surface area contributed by atoms with E-state index in [2.05, 4.69) is 13.8 Å². The van der Waals surface area contributed by atoms with Crippen LogP contribution in [0.15, 0.2) is 27.4 Å². The van der Waals surface area contributed by atoms with Crippen molar-refractivity contribution in [2.24, 2.45) is 5.92 Å². The molecule has 0 N–H and O–H groups in total. The summed E-state index contributed by atoms with van der Waals surface area (Å²) in [4.78, 5) is 51.1. The van der Waals surface area contributed by atoms with E-state index in [0.717, 1.165) is 20.9 Å². The highest BCUT2D eigenvalue weighted by molar-refractivity contribution is 6.44. The summed E-state index contributed by atoms with van der Waals surface area (Å²) in [5.41, 5.74) is 2.39. The molecular weight excluding hydrogens is 360 g/mol. The summed E-state index contributed by atoms with van der Waals surface area (Å²) in [5.74, 6) is -1.41. The molecule has 7 nitrogen and oxygen atoms in total. The van der Waals surface area contributed by atoms with Crippen molar-refractivity contribution in [1.29, 1.82) is 0 Å². The largest absolute Gasteiger partial charge is 0.423 e. The van der Waals surface area contributed by atoms with Gasteiger partial charge in [0.1, 0.15) is 5.58 Å². The highest BCUT2D eigenvalue weighted by Crippen LogP contribution is 2.28. The Morgan fingerprint density at radius 2 is 1.57 bits per heavy atom. The number of carbonyl (C=O) groups is 3. The molecule has 1 aromatic carbocycles. The third-order valence-electron chi connectivity index (χ3n) is 4.85. The van der Waals surface area contributed by atoms with Crippen LogP contribution < -0.4 is 5.63 Å². The molecule has 2 heterocycles. The van der Waals surface area contributed by atoms with Crippen molar-refractivity contribution in [3.8, 4) is 0 Å². The maximum atomic E-state index is 12.6. The van der Waals surface area contributed by atoms with Crippen molar-refractivity contribution in [3.63, 3.8) is 0 Å². The first kappa shape index (κ1) is 19.8. The van der Waals surface area contributed by atoms with Crippen LogP contribution in [0.3, 0.4) is 0 Å². The minimum absolute atomic E-state index is 0.0434. The van der Waals surface area contributed by atoms with Crippen molar-refractivity contribution in [2.45, 2.75) is 47.1 Å². The summed E-state index contributed by atoms with van der Waals surface area (Å²) in [6.07, 6.45) is 0. The summed E-state index contributed by atoms with van der Waals surface area (Å²) >= 11 is 0. The second-order valence-electron chi connectivity index (χ2n) is 7.93. The molecule has 0 bridgehead atoms. The summed E-state index contributed by atoms with van der Waals surface area (Å²) in [6, 6.07) is 4.34. The molecule has 0 aliphatic carbocycles. The van der Waals surface area contributed by atoms with Crippen LogP contribution in [0.4, 0.5) is 4.79 Å². The Kier molecular flexibility index (Phi) is 5.10. The number of imide groups is 2. The van der Waals surface area contributed by atoms with Crippen LogP contribution in [-0.2, 0) is 16.1 Å². The number of carbonyl (C=O) groups excluding carboxylic acids is 3. The number of aryl methyl sites for hydroxylation is 1. The van der Waals surface area contributed by atoms with E-state index in [0.29, 0.717) is 16.5 Å². The van der Waals surface area contributed by atoms with Crippen molar-refractivity contribution in [3.05, 3.63) is 45.3 Å². The summed E-state index contributed by atoms with van der Waals surface area (Å²) in [7, 11) is 0. The molecule has 2 aromatic rings. The molecule has 28 heavy (non-hydrogen) atoms. The number of amides is 4. The molecule has 0 saturated carbocycles. The third kappa shape index (κ3) is 3.44. The summed E-state index contributed by atoms with van der Waals surface area (Å²) < 4.78 is 5.31. The maximum Gasteiger partial charge on any atom is 0.336 e. The minimum atomic E-state index is -0.872. The first-order valence-electron chi connectivity index (χ1n) is 9.34. The second-order valence-corrected chi connectivity index (χ2v) is 7.93. The Hall–Kier alpha value is -2.96. The predicted molar refractivity (Wildman–Crippen MR) is 104 cm³/mol. The van der Waals surface area contributed by atoms with Crippen LogP contribution in [0, 0.1) is 12.8 Å². The Labute approximate surface area is 162 Å². The first-order valence-corrected chi connectivity index (χ1v) is 9.34. The van der Waals surface area contributed by atoms with Crippen molar-refractivity contribution < 1.29 is 18.8 Å². The highest BCUT2D eigenvalue weighted by Gasteiger charge is 2.44. The topological polar surface area (TPSA) is 87.9 Å². The lowest BCUT2D eigenvalue weighted by Crippen LogP contribution is -2.35. The van der Waals surface area contributed by atoms with Gasteiger partial charge in [-0.1, -0.05) is 27.7 Å². The third-order valence-corrected chi connectivity index (χ3v) is 4.85. The van der Waals surface area contributed by atoms with Crippen LogP contribution in [0.1, 0.15) is 50.3 Å². The maximum absolute atomic E-state index is 12.6. The number of hydrogen-bond acceptors (Lipinski definition) is 5. The molecule has 1 aromatic heterocycles. The van der Waals surface area contributed by atoms with E-state index in [1.54, 1.807) is 6.07 Å². The fourth-order valence-corrected chi connectivity index (χ4v) is 3.53. The highest BCUT2D eigenvalue weighted by atomic mass is 16.4. The quantitative estimate of drug-likeness (QED) is 0.449. The van der Waals surface area contributed by atoms with Crippen molar-refractivity contribution in [2.75, 3.05) is 6.54 Å². The SMILES string of the molecule is Cc1cc2oc(=O)cc(CN3C(=O)C(=O)N(CC(C)C)C3=O)c2cc1C(C)C. The van der Waals surface area contributed by atoms with E-state index >= 15 is 0 Å². The number of benzene rings is 1. The van der Waals surface area contributed by atoms with Crippen molar-refractivity contribution in [1.82, 2.24) is 9.80 Å². The first-order chi connectivity index (χ1) is 13.1. The summed E-state index contributed by atoms with van der Waals surface area (Å²) in [6.45, 7) is 9.80. The number of hydrogen-bond donors (Lipinski definition) is 0. The van der Waals surface area contributed by atoms with Gasteiger partial charge >= 0.3 is 23.5 Å². The molecule has 1 aliphatic rings. The van der Waals surface area contributed by atoms with Crippen LogP contribution >= 0.6 is 0 Å². The van der Waals surface area contributed by atoms with E-state index in [1.807, 2.05) is 26.8 Å². The van der Waals surface area contributed by atoms with Gasteiger partial charge in [0.05, 0.1) is 6.54 Å². The predicted octanol–water partition coefficient (Wildman–Crippen LogP) is 3.17. The normalized spacial score (nSPS) is 15.0. The van der Waals surface area contributed by atoms with Gasteiger partial charge in [-0.2, -0.15) is 0 Å². The molecule has 0 radical (unpaired) electrons. The average Bonchev–Trinajstić information content (AvgIpc) is 2.78. The molecule has 148 valence electrons. The lowest BCUT2D eigenvalue weighted by Gasteiger charge is -2.18. The van der Waals surface area contributed by atoms with Gasteiger partial charge in [-0.25, -0.2) is 9.59 Å².